The standard InChI is InChI=1S/C21H17N3S/c1-4-10-17(11-5-1)16-24-21(25-19-14-8-3-9-15-19)22-20(23-24)18-12-6-2-7-13-18/h1-15H,16H2. The minimum atomic E-state index is 0.704. The highest BCUT2D eigenvalue weighted by Gasteiger charge is 2.13. The first-order chi connectivity index (χ1) is 12.4. The highest BCUT2D eigenvalue weighted by Crippen LogP contribution is 2.28. The fourth-order valence-electron chi connectivity index (χ4n) is 2.57. The van der Waals surface area contributed by atoms with Crippen molar-refractivity contribution in [2.45, 2.75) is 16.6 Å². The SMILES string of the molecule is c1ccc(Cn2nc(-c3ccccc3)nc2Sc2ccccc2)cc1. The summed E-state index contributed by atoms with van der Waals surface area (Å²) >= 11 is 1.64. The molecule has 0 aliphatic heterocycles. The quantitative estimate of drug-likeness (QED) is 0.502. The molecule has 0 radical (unpaired) electrons. The number of aromatic nitrogens is 3. The Bertz CT molecular complexity index is 876. The number of hydrogen-bond donors (Lipinski definition) is 0. The van der Waals surface area contributed by atoms with Crippen molar-refractivity contribution in [2.75, 3.05) is 0 Å². The van der Waals surface area contributed by atoms with Crippen LogP contribution in [0.25, 0.3) is 11.4 Å². The maximum absolute atomic E-state index is 4.79. The molecule has 0 spiro atoms. The lowest BCUT2D eigenvalue weighted by atomic mass is 10.2. The van der Waals surface area contributed by atoms with Crippen LogP contribution in [0.1, 0.15) is 5.56 Å². The topological polar surface area (TPSA) is 30.7 Å². The van der Waals surface area contributed by atoms with Gasteiger partial charge >= 0.3 is 0 Å². The van der Waals surface area contributed by atoms with Crippen molar-refractivity contribution in [1.82, 2.24) is 14.8 Å². The molecule has 3 aromatic carbocycles. The van der Waals surface area contributed by atoms with Gasteiger partial charge in [-0.25, -0.2) is 9.67 Å². The van der Waals surface area contributed by atoms with Gasteiger partial charge in [0.25, 0.3) is 0 Å². The second kappa shape index (κ2) is 7.36. The van der Waals surface area contributed by atoms with E-state index in [2.05, 4.69) is 24.3 Å². The van der Waals surface area contributed by atoms with Crippen LogP contribution in [0.2, 0.25) is 0 Å². The van der Waals surface area contributed by atoms with Crippen molar-refractivity contribution in [3.05, 3.63) is 96.6 Å². The molecule has 1 aromatic heterocycles. The molecule has 4 rings (SSSR count). The predicted octanol–water partition coefficient (Wildman–Crippen LogP) is 5.14. The van der Waals surface area contributed by atoms with Crippen molar-refractivity contribution in [1.29, 1.82) is 0 Å². The van der Waals surface area contributed by atoms with Crippen molar-refractivity contribution in [2.24, 2.45) is 0 Å². The summed E-state index contributed by atoms with van der Waals surface area (Å²) < 4.78 is 1.98. The molecule has 0 atom stereocenters. The Kier molecular flexibility index (Phi) is 4.61. The molecule has 0 amide bonds. The molecular weight excluding hydrogens is 326 g/mol. The molecule has 4 heteroatoms. The Balaban J connectivity index is 1.70. The number of benzene rings is 3. The van der Waals surface area contributed by atoms with E-state index in [1.165, 1.54) is 5.56 Å². The Labute approximate surface area is 151 Å². The van der Waals surface area contributed by atoms with Crippen molar-refractivity contribution >= 4 is 11.8 Å². The lowest BCUT2D eigenvalue weighted by Crippen LogP contribution is -2.03. The molecule has 0 fully saturated rings. The molecule has 1 heterocycles. The van der Waals surface area contributed by atoms with Crippen molar-refractivity contribution in [3.8, 4) is 11.4 Å². The van der Waals surface area contributed by atoms with Gasteiger partial charge in [0.2, 0.25) is 0 Å². The minimum absolute atomic E-state index is 0.704. The molecule has 25 heavy (non-hydrogen) atoms. The van der Waals surface area contributed by atoms with Gasteiger partial charge in [0.15, 0.2) is 11.0 Å². The molecule has 0 aliphatic carbocycles. The van der Waals surface area contributed by atoms with Gasteiger partial charge in [0, 0.05) is 10.5 Å². The van der Waals surface area contributed by atoms with Gasteiger partial charge in [0.05, 0.1) is 6.54 Å². The van der Waals surface area contributed by atoms with Gasteiger partial charge in [-0.3, -0.25) is 0 Å². The van der Waals surface area contributed by atoms with Crippen LogP contribution < -0.4 is 0 Å². The third-order valence-electron chi connectivity index (χ3n) is 3.80. The Morgan fingerprint density at radius 2 is 1.32 bits per heavy atom. The first-order valence-electron chi connectivity index (χ1n) is 8.15. The summed E-state index contributed by atoms with van der Waals surface area (Å²) in [6.45, 7) is 0.704. The normalized spacial score (nSPS) is 10.7. The molecule has 0 aliphatic rings. The second-order valence-electron chi connectivity index (χ2n) is 5.64. The molecule has 0 bridgehead atoms. The Hall–Kier alpha value is -2.85. The highest BCUT2D eigenvalue weighted by atomic mass is 32.2. The third-order valence-corrected chi connectivity index (χ3v) is 4.79. The molecular formula is C21H17N3S. The van der Waals surface area contributed by atoms with Crippen LogP contribution in [0.5, 0.6) is 0 Å². The van der Waals surface area contributed by atoms with Crippen LogP contribution in [-0.4, -0.2) is 14.8 Å². The summed E-state index contributed by atoms with van der Waals surface area (Å²) in [7, 11) is 0. The average molecular weight is 343 g/mol. The molecule has 0 N–H and O–H groups in total. The first-order valence-corrected chi connectivity index (χ1v) is 8.97. The van der Waals surface area contributed by atoms with Crippen molar-refractivity contribution in [3.63, 3.8) is 0 Å². The van der Waals surface area contributed by atoms with Crippen LogP contribution in [0.3, 0.4) is 0 Å². The summed E-state index contributed by atoms with van der Waals surface area (Å²) in [5.74, 6) is 0.759. The van der Waals surface area contributed by atoms with E-state index in [9.17, 15) is 0 Å². The maximum atomic E-state index is 4.79. The zero-order valence-corrected chi connectivity index (χ0v) is 14.4. The molecule has 3 nitrogen and oxygen atoms in total. The van der Waals surface area contributed by atoms with Gasteiger partial charge in [-0.1, -0.05) is 90.6 Å². The van der Waals surface area contributed by atoms with Crippen LogP contribution in [-0.2, 0) is 6.54 Å². The molecule has 0 saturated carbocycles. The number of hydrogen-bond acceptors (Lipinski definition) is 3. The average Bonchev–Trinajstić information content (AvgIpc) is 3.06. The zero-order chi connectivity index (χ0) is 16.9. The highest BCUT2D eigenvalue weighted by molar-refractivity contribution is 7.99. The van der Waals surface area contributed by atoms with Gasteiger partial charge in [0.1, 0.15) is 0 Å². The largest absolute Gasteiger partial charge is 0.235 e. The monoisotopic (exact) mass is 343 g/mol. The van der Waals surface area contributed by atoms with E-state index in [-0.39, 0.29) is 0 Å². The summed E-state index contributed by atoms with van der Waals surface area (Å²) in [4.78, 5) is 5.94. The van der Waals surface area contributed by atoms with E-state index in [1.54, 1.807) is 11.8 Å². The van der Waals surface area contributed by atoms with Crippen LogP contribution >= 0.6 is 11.8 Å². The van der Waals surface area contributed by atoms with Gasteiger partial charge in [-0.2, -0.15) is 0 Å². The smallest absolute Gasteiger partial charge is 0.191 e. The van der Waals surface area contributed by atoms with Gasteiger partial charge in [-0.15, -0.1) is 5.10 Å². The Morgan fingerprint density at radius 1 is 0.720 bits per heavy atom. The van der Waals surface area contributed by atoms with E-state index in [4.69, 9.17) is 10.1 Å². The lowest BCUT2D eigenvalue weighted by Gasteiger charge is -2.05. The number of rotatable bonds is 5. The molecule has 122 valence electrons. The fraction of sp³-hybridized carbons (Fsp3) is 0.0476. The van der Waals surface area contributed by atoms with Crippen molar-refractivity contribution < 1.29 is 0 Å². The molecule has 4 aromatic rings. The third kappa shape index (κ3) is 3.80. The number of nitrogens with zero attached hydrogens (tertiary/aromatic N) is 3. The van der Waals surface area contributed by atoms with Gasteiger partial charge in [-0.05, 0) is 17.7 Å². The molecule has 0 unspecified atom stereocenters. The van der Waals surface area contributed by atoms with E-state index in [0.717, 1.165) is 21.4 Å². The zero-order valence-electron chi connectivity index (χ0n) is 13.6. The van der Waals surface area contributed by atoms with E-state index in [1.807, 2.05) is 71.4 Å². The predicted molar refractivity (Wildman–Crippen MR) is 102 cm³/mol. The van der Waals surface area contributed by atoms with E-state index < -0.39 is 0 Å². The molecule has 0 saturated heterocycles. The maximum Gasteiger partial charge on any atom is 0.191 e. The summed E-state index contributed by atoms with van der Waals surface area (Å²) in [5.41, 5.74) is 2.24. The van der Waals surface area contributed by atoms with E-state index in [0.29, 0.717) is 6.54 Å². The summed E-state index contributed by atoms with van der Waals surface area (Å²) in [5, 5.41) is 5.65. The first kappa shape index (κ1) is 15.7. The van der Waals surface area contributed by atoms with E-state index >= 15 is 0 Å². The van der Waals surface area contributed by atoms with Crippen LogP contribution in [0, 0.1) is 0 Å². The lowest BCUT2D eigenvalue weighted by molar-refractivity contribution is 0.619. The Morgan fingerprint density at radius 3 is 2.00 bits per heavy atom. The minimum Gasteiger partial charge on any atom is -0.235 e. The summed E-state index contributed by atoms with van der Waals surface area (Å²) in [6, 6.07) is 30.7. The second-order valence-corrected chi connectivity index (χ2v) is 6.68. The van der Waals surface area contributed by atoms with Crippen LogP contribution in [0.15, 0.2) is 101 Å². The van der Waals surface area contributed by atoms with Gasteiger partial charge < -0.3 is 0 Å². The fourth-order valence-corrected chi connectivity index (χ4v) is 3.41. The summed E-state index contributed by atoms with van der Waals surface area (Å²) in [6.07, 6.45) is 0. The van der Waals surface area contributed by atoms with Crippen LogP contribution in [0.4, 0.5) is 0 Å².